The molecule has 0 heterocycles. The molecule has 4 heteroatoms. The fourth-order valence-corrected chi connectivity index (χ4v) is 2.54. The summed E-state index contributed by atoms with van der Waals surface area (Å²) >= 11 is 3.36. The highest BCUT2D eigenvalue weighted by atomic mass is 79.9. The molecule has 0 aliphatic rings. The van der Waals surface area contributed by atoms with E-state index in [9.17, 15) is 5.11 Å². The average molecular weight is 350 g/mol. The number of aryl methyl sites for hydroxylation is 2. The van der Waals surface area contributed by atoms with Crippen molar-refractivity contribution < 1.29 is 9.84 Å². The third-order valence-electron chi connectivity index (χ3n) is 3.39. The summed E-state index contributed by atoms with van der Waals surface area (Å²) in [7, 11) is 0. The molecule has 0 saturated heterocycles. The van der Waals surface area contributed by atoms with E-state index in [1.807, 2.05) is 19.1 Å². The second-order valence-corrected chi connectivity index (χ2v) is 5.86. The van der Waals surface area contributed by atoms with Gasteiger partial charge in [0.25, 0.3) is 0 Å². The van der Waals surface area contributed by atoms with Crippen molar-refractivity contribution in [3.05, 3.63) is 51.5 Å². The van der Waals surface area contributed by atoms with Gasteiger partial charge in [0.2, 0.25) is 0 Å². The van der Waals surface area contributed by atoms with E-state index < -0.39 is 0 Å². The van der Waals surface area contributed by atoms with Crippen LogP contribution >= 0.6 is 15.9 Å². The molecule has 2 rings (SSSR count). The van der Waals surface area contributed by atoms with Crippen LogP contribution in [0.2, 0.25) is 0 Å². The van der Waals surface area contributed by atoms with Gasteiger partial charge in [-0.05, 0) is 77.7 Å². The summed E-state index contributed by atoms with van der Waals surface area (Å²) in [4.78, 5) is 0. The Morgan fingerprint density at radius 2 is 1.90 bits per heavy atom. The lowest BCUT2D eigenvalue weighted by Gasteiger charge is -2.12. The van der Waals surface area contributed by atoms with Crippen LogP contribution in [-0.4, -0.2) is 11.7 Å². The second-order valence-electron chi connectivity index (χ2n) is 5.01. The van der Waals surface area contributed by atoms with Crippen LogP contribution in [0.3, 0.4) is 0 Å². The smallest absolute Gasteiger partial charge is 0.172 e. The molecule has 0 spiro atoms. The van der Waals surface area contributed by atoms with Crippen LogP contribution in [-0.2, 0) is 6.54 Å². The van der Waals surface area contributed by atoms with Gasteiger partial charge in [0, 0.05) is 12.2 Å². The van der Waals surface area contributed by atoms with Gasteiger partial charge in [0.1, 0.15) is 0 Å². The summed E-state index contributed by atoms with van der Waals surface area (Å²) in [5, 5.41) is 13.3. The van der Waals surface area contributed by atoms with Crippen LogP contribution < -0.4 is 10.1 Å². The van der Waals surface area contributed by atoms with Gasteiger partial charge in [0.05, 0.1) is 11.1 Å². The number of phenols is 1. The summed E-state index contributed by atoms with van der Waals surface area (Å²) in [5.41, 5.74) is 4.68. The third-order valence-corrected chi connectivity index (χ3v) is 4.00. The molecule has 2 aromatic rings. The Morgan fingerprint density at radius 1 is 1.14 bits per heavy atom. The van der Waals surface area contributed by atoms with Gasteiger partial charge in [-0.2, -0.15) is 0 Å². The molecule has 0 atom stereocenters. The van der Waals surface area contributed by atoms with E-state index in [-0.39, 0.29) is 5.75 Å². The van der Waals surface area contributed by atoms with Crippen molar-refractivity contribution in [3.63, 3.8) is 0 Å². The number of rotatable bonds is 5. The first-order valence-corrected chi connectivity index (χ1v) is 7.76. The largest absolute Gasteiger partial charge is 0.503 e. The summed E-state index contributed by atoms with van der Waals surface area (Å²) < 4.78 is 6.08. The standard InChI is InChI=1S/C17H20BrNO2/c1-4-21-16-9-13(8-15(18)17(16)20)10-19-14-6-5-11(2)12(3)7-14/h5-9,19-20H,4,10H2,1-3H3. The molecule has 0 aliphatic carbocycles. The lowest BCUT2D eigenvalue weighted by molar-refractivity contribution is 0.317. The Balaban J connectivity index is 2.14. The molecule has 0 radical (unpaired) electrons. The lowest BCUT2D eigenvalue weighted by atomic mass is 10.1. The molecule has 0 saturated carbocycles. The minimum atomic E-state index is 0.145. The van der Waals surface area contributed by atoms with E-state index in [0.717, 1.165) is 11.3 Å². The Kier molecular flexibility index (Phi) is 5.12. The molecular weight excluding hydrogens is 330 g/mol. The first-order chi connectivity index (χ1) is 10.0. The number of benzene rings is 2. The predicted octanol–water partition coefficient (Wildman–Crippen LogP) is 4.78. The molecule has 21 heavy (non-hydrogen) atoms. The van der Waals surface area contributed by atoms with Crippen LogP contribution in [0.15, 0.2) is 34.8 Å². The summed E-state index contributed by atoms with van der Waals surface area (Å²) in [6, 6.07) is 10.1. The zero-order valence-electron chi connectivity index (χ0n) is 12.5. The SMILES string of the molecule is CCOc1cc(CNc2ccc(C)c(C)c2)cc(Br)c1O. The molecule has 0 aromatic heterocycles. The quantitative estimate of drug-likeness (QED) is 0.815. The maximum absolute atomic E-state index is 9.91. The Morgan fingerprint density at radius 3 is 2.57 bits per heavy atom. The summed E-state index contributed by atoms with van der Waals surface area (Å²) in [6.45, 7) is 7.29. The van der Waals surface area contributed by atoms with Crippen LogP contribution in [0.1, 0.15) is 23.6 Å². The van der Waals surface area contributed by atoms with Gasteiger partial charge >= 0.3 is 0 Å². The van der Waals surface area contributed by atoms with Crippen molar-refractivity contribution in [1.82, 2.24) is 0 Å². The van der Waals surface area contributed by atoms with Crippen molar-refractivity contribution >= 4 is 21.6 Å². The van der Waals surface area contributed by atoms with Gasteiger partial charge in [-0.15, -0.1) is 0 Å². The van der Waals surface area contributed by atoms with Crippen molar-refractivity contribution in [1.29, 1.82) is 0 Å². The Hall–Kier alpha value is -1.68. The zero-order valence-corrected chi connectivity index (χ0v) is 14.1. The van der Waals surface area contributed by atoms with Crippen LogP contribution in [0.5, 0.6) is 11.5 Å². The van der Waals surface area contributed by atoms with Gasteiger partial charge in [0.15, 0.2) is 11.5 Å². The molecule has 0 amide bonds. The van der Waals surface area contributed by atoms with E-state index >= 15 is 0 Å². The molecule has 112 valence electrons. The first-order valence-electron chi connectivity index (χ1n) is 6.96. The van der Waals surface area contributed by atoms with Crippen molar-refractivity contribution in [2.24, 2.45) is 0 Å². The molecule has 3 nitrogen and oxygen atoms in total. The van der Waals surface area contributed by atoms with Crippen LogP contribution in [0, 0.1) is 13.8 Å². The van der Waals surface area contributed by atoms with Crippen molar-refractivity contribution in [2.75, 3.05) is 11.9 Å². The predicted molar refractivity (Wildman–Crippen MR) is 90.2 cm³/mol. The number of ether oxygens (including phenoxy) is 1. The van der Waals surface area contributed by atoms with E-state index in [4.69, 9.17) is 4.74 Å². The molecular formula is C17H20BrNO2. The minimum absolute atomic E-state index is 0.145. The topological polar surface area (TPSA) is 41.5 Å². The lowest BCUT2D eigenvalue weighted by Crippen LogP contribution is -2.01. The third kappa shape index (κ3) is 3.91. The fourth-order valence-electron chi connectivity index (χ4n) is 2.05. The number of nitrogens with one attached hydrogen (secondary N) is 1. The average Bonchev–Trinajstić information content (AvgIpc) is 2.45. The molecule has 0 bridgehead atoms. The van der Waals surface area contributed by atoms with Crippen molar-refractivity contribution in [2.45, 2.75) is 27.3 Å². The molecule has 2 aromatic carbocycles. The maximum atomic E-state index is 9.91. The van der Waals surface area contributed by atoms with Crippen LogP contribution in [0.25, 0.3) is 0 Å². The van der Waals surface area contributed by atoms with Gasteiger partial charge in [-0.1, -0.05) is 6.07 Å². The Labute approximate surface area is 134 Å². The van der Waals surface area contributed by atoms with E-state index in [1.165, 1.54) is 11.1 Å². The van der Waals surface area contributed by atoms with E-state index in [0.29, 0.717) is 23.4 Å². The van der Waals surface area contributed by atoms with Gasteiger partial charge in [-0.3, -0.25) is 0 Å². The monoisotopic (exact) mass is 349 g/mol. The number of anilines is 1. The molecule has 0 fully saturated rings. The fraction of sp³-hybridized carbons (Fsp3) is 0.294. The number of halogens is 1. The first kappa shape index (κ1) is 15.7. The van der Waals surface area contributed by atoms with Crippen LogP contribution in [0.4, 0.5) is 5.69 Å². The van der Waals surface area contributed by atoms with Gasteiger partial charge in [-0.25, -0.2) is 0 Å². The number of hydrogen-bond acceptors (Lipinski definition) is 3. The molecule has 0 aliphatic heterocycles. The summed E-state index contributed by atoms with van der Waals surface area (Å²) in [6.07, 6.45) is 0. The number of phenolic OH excluding ortho intramolecular Hbond substituents is 1. The van der Waals surface area contributed by atoms with Gasteiger partial charge < -0.3 is 15.2 Å². The highest BCUT2D eigenvalue weighted by molar-refractivity contribution is 9.10. The zero-order chi connectivity index (χ0) is 15.4. The summed E-state index contributed by atoms with van der Waals surface area (Å²) in [5.74, 6) is 0.649. The second kappa shape index (κ2) is 6.85. The van der Waals surface area contributed by atoms with E-state index in [1.54, 1.807) is 0 Å². The van der Waals surface area contributed by atoms with E-state index in [2.05, 4.69) is 53.3 Å². The highest BCUT2D eigenvalue weighted by Crippen LogP contribution is 2.35. The maximum Gasteiger partial charge on any atom is 0.172 e. The Bertz CT molecular complexity index is 641. The molecule has 0 unspecified atom stereocenters. The van der Waals surface area contributed by atoms with Crippen molar-refractivity contribution in [3.8, 4) is 11.5 Å². The highest BCUT2D eigenvalue weighted by Gasteiger charge is 2.09. The number of aromatic hydroxyl groups is 1. The normalized spacial score (nSPS) is 10.5. The minimum Gasteiger partial charge on any atom is -0.503 e. The molecule has 2 N–H and O–H groups in total. The number of hydrogen-bond donors (Lipinski definition) is 2.